The number of aromatic nitrogens is 7. The van der Waals surface area contributed by atoms with Gasteiger partial charge >= 0.3 is 0 Å². The number of anilines is 3. The summed E-state index contributed by atoms with van der Waals surface area (Å²) in [5.74, 6) is 1.75. The predicted molar refractivity (Wildman–Crippen MR) is 149 cm³/mol. The molecule has 1 fully saturated rings. The van der Waals surface area contributed by atoms with Crippen molar-refractivity contribution >= 4 is 39.4 Å². The smallest absolute Gasteiger partial charge is 0.278 e. The molecule has 5 aromatic rings. The number of nitrogens with one attached hydrogen (secondary N) is 2. The molecule has 0 atom stereocenters. The molecule has 6 rings (SSSR count). The van der Waals surface area contributed by atoms with Gasteiger partial charge in [0, 0.05) is 30.4 Å². The molecule has 2 N–H and O–H groups in total. The Bertz CT molecular complexity index is 1690. The molecule has 11 nitrogen and oxygen atoms in total. The van der Waals surface area contributed by atoms with Crippen molar-refractivity contribution in [1.82, 2.24) is 39.0 Å². The van der Waals surface area contributed by atoms with Crippen molar-refractivity contribution in [3.05, 3.63) is 71.8 Å². The number of nitrogens with zero attached hydrogens (tertiary/aromatic N) is 8. The minimum atomic E-state index is -0.196. The fourth-order valence-corrected chi connectivity index (χ4v) is 4.96. The maximum absolute atomic E-state index is 13.3. The summed E-state index contributed by atoms with van der Waals surface area (Å²) >= 11 is 0. The lowest BCUT2D eigenvalue weighted by Gasteiger charge is -2.29. The highest BCUT2D eigenvalue weighted by molar-refractivity contribution is 5.83. The quantitative estimate of drug-likeness (QED) is 0.321. The van der Waals surface area contributed by atoms with Crippen LogP contribution in [0.4, 0.5) is 17.5 Å². The molecule has 0 unspecified atom stereocenters. The van der Waals surface area contributed by atoms with Gasteiger partial charge in [-0.05, 0) is 63.3 Å². The van der Waals surface area contributed by atoms with Crippen LogP contribution in [0.3, 0.4) is 0 Å². The molecule has 38 heavy (non-hydrogen) atoms. The average molecular weight is 511 g/mol. The Hall–Kier alpha value is -4.51. The van der Waals surface area contributed by atoms with Crippen molar-refractivity contribution in [3.8, 4) is 5.82 Å². The Balaban J connectivity index is 1.38. The van der Waals surface area contributed by atoms with E-state index in [0.717, 1.165) is 48.3 Å². The van der Waals surface area contributed by atoms with Crippen molar-refractivity contribution in [2.24, 2.45) is 7.05 Å². The largest absolute Gasteiger partial charge is 0.367 e. The summed E-state index contributed by atoms with van der Waals surface area (Å²) in [4.78, 5) is 29.7. The van der Waals surface area contributed by atoms with Gasteiger partial charge in [-0.15, -0.1) is 6.58 Å². The summed E-state index contributed by atoms with van der Waals surface area (Å²) in [7, 11) is 4.05. The molecule has 0 aliphatic carbocycles. The highest BCUT2D eigenvalue weighted by atomic mass is 16.1. The van der Waals surface area contributed by atoms with Crippen LogP contribution in [0.25, 0.3) is 27.8 Å². The van der Waals surface area contributed by atoms with Gasteiger partial charge in [-0.1, -0.05) is 12.1 Å². The molecule has 1 aliphatic rings. The first kappa shape index (κ1) is 23.9. The van der Waals surface area contributed by atoms with E-state index in [1.54, 1.807) is 21.6 Å². The second-order valence-corrected chi connectivity index (χ2v) is 9.69. The van der Waals surface area contributed by atoms with E-state index in [4.69, 9.17) is 9.97 Å². The first-order valence-corrected chi connectivity index (χ1v) is 12.7. The van der Waals surface area contributed by atoms with Gasteiger partial charge < -0.3 is 15.5 Å². The molecule has 1 saturated heterocycles. The van der Waals surface area contributed by atoms with E-state index in [1.807, 2.05) is 54.3 Å². The summed E-state index contributed by atoms with van der Waals surface area (Å²) < 4.78 is 5.15. The van der Waals surface area contributed by atoms with Crippen LogP contribution in [0.5, 0.6) is 0 Å². The third kappa shape index (κ3) is 4.41. The average Bonchev–Trinajstić information content (AvgIpc) is 3.42. The SMILES string of the molecule is C=CCn1c(=O)c2cnc(Nc3ccc4c(cnn4C)c3)nc2n1-c1cccc(NC2CCN(C)CC2)n1. The fraction of sp³-hybridized carbons (Fsp3) is 0.296. The third-order valence-electron chi connectivity index (χ3n) is 7.00. The predicted octanol–water partition coefficient (Wildman–Crippen LogP) is 3.30. The Morgan fingerprint density at radius 1 is 1.11 bits per heavy atom. The molecule has 194 valence electrons. The third-order valence-corrected chi connectivity index (χ3v) is 7.00. The topological polar surface area (TPSA) is 111 Å². The van der Waals surface area contributed by atoms with Crippen LogP contribution in [-0.4, -0.2) is 65.2 Å². The van der Waals surface area contributed by atoms with Gasteiger partial charge in [0.2, 0.25) is 5.95 Å². The minimum absolute atomic E-state index is 0.196. The lowest BCUT2D eigenvalue weighted by molar-refractivity contribution is 0.263. The Kier molecular flexibility index (Phi) is 6.12. The number of hydrogen-bond acceptors (Lipinski definition) is 8. The summed E-state index contributed by atoms with van der Waals surface area (Å²) in [6.45, 7) is 6.26. The number of benzene rings is 1. The molecule has 1 aromatic carbocycles. The summed E-state index contributed by atoms with van der Waals surface area (Å²) in [6, 6.07) is 12.1. The number of rotatable bonds is 7. The molecule has 0 radical (unpaired) electrons. The standard InChI is InChI=1S/C27H30N10O/c1-4-12-36-26(38)21-17-28-27(31-20-8-9-22-18(15-20)16-29-35(22)3)33-25(21)37(36)24-7-5-6-23(32-24)30-19-10-13-34(2)14-11-19/h4-9,15-17,19H,1,10-14H2,2-3H3,(H,30,32)(H,28,31,33). The van der Waals surface area contributed by atoms with Gasteiger partial charge in [-0.3, -0.25) is 9.48 Å². The van der Waals surface area contributed by atoms with E-state index in [2.05, 4.69) is 39.2 Å². The van der Waals surface area contributed by atoms with E-state index in [-0.39, 0.29) is 5.56 Å². The van der Waals surface area contributed by atoms with Gasteiger partial charge in [-0.25, -0.2) is 19.3 Å². The Morgan fingerprint density at radius 2 is 1.95 bits per heavy atom. The summed E-state index contributed by atoms with van der Waals surface area (Å²) in [5, 5.41) is 12.6. The lowest BCUT2D eigenvalue weighted by atomic mass is 10.1. The number of hydrogen-bond donors (Lipinski definition) is 2. The van der Waals surface area contributed by atoms with Crippen molar-refractivity contribution in [2.45, 2.75) is 25.4 Å². The number of pyridine rings is 1. The minimum Gasteiger partial charge on any atom is -0.367 e. The molecule has 4 aromatic heterocycles. The van der Waals surface area contributed by atoms with Crippen LogP contribution in [0.2, 0.25) is 0 Å². The van der Waals surface area contributed by atoms with E-state index in [9.17, 15) is 4.79 Å². The van der Waals surface area contributed by atoms with Crippen LogP contribution in [0, 0.1) is 0 Å². The number of likely N-dealkylation sites (tertiary alicyclic amines) is 1. The van der Waals surface area contributed by atoms with E-state index in [0.29, 0.717) is 35.4 Å². The molecule has 1 aliphatic heterocycles. The van der Waals surface area contributed by atoms with Crippen LogP contribution in [0.1, 0.15) is 12.8 Å². The van der Waals surface area contributed by atoms with Crippen LogP contribution in [0.15, 0.2) is 66.2 Å². The Labute approximate surface area is 219 Å². The highest BCUT2D eigenvalue weighted by Crippen LogP contribution is 2.23. The number of fused-ring (bicyclic) bond motifs is 2. The van der Waals surface area contributed by atoms with Gasteiger partial charge in [0.15, 0.2) is 11.5 Å². The maximum atomic E-state index is 13.3. The molecule has 11 heteroatoms. The van der Waals surface area contributed by atoms with E-state index >= 15 is 0 Å². The molecular formula is C27H30N10O. The zero-order chi connectivity index (χ0) is 26.2. The van der Waals surface area contributed by atoms with E-state index in [1.165, 1.54) is 0 Å². The maximum Gasteiger partial charge on any atom is 0.278 e. The van der Waals surface area contributed by atoms with Gasteiger partial charge in [0.25, 0.3) is 5.56 Å². The molecular weight excluding hydrogens is 480 g/mol. The van der Waals surface area contributed by atoms with Gasteiger partial charge in [0.05, 0.1) is 18.3 Å². The van der Waals surface area contributed by atoms with Crippen molar-refractivity contribution in [1.29, 1.82) is 0 Å². The normalized spacial score (nSPS) is 14.8. The lowest BCUT2D eigenvalue weighted by Crippen LogP contribution is -2.36. The highest BCUT2D eigenvalue weighted by Gasteiger charge is 2.20. The Morgan fingerprint density at radius 3 is 2.76 bits per heavy atom. The number of aryl methyl sites for hydroxylation is 1. The van der Waals surface area contributed by atoms with Gasteiger partial charge in [0.1, 0.15) is 11.2 Å². The van der Waals surface area contributed by atoms with Crippen molar-refractivity contribution < 1.29 is 0 Å². The summed E-state index contributed by atoms with van der Waals surface area (Å²) in [5.41, 5.74) is 2.13. The second-order valence-electron chi connectivity index (χ2n) is 9.69. The van der Waals surface area contributed by atoms with E-state index < -0.39 is 0 Å². The summed E-state index contributed by atoms with van der Waals surface area (Å²) in [6.07, 6.45) is 7.18. The molecule has 0 spiro atoms. The van der Waals surface area contributed by atoms with Crippen molar-refractivity contribution in [2.75, 3.05) is 30.8 Å². The number of allylic oxidation sites excluding steroid dienone is 1. The molecule has 0 saturated carbocycles. The monoisotopic (exact) mass is 510 g/mol. The second kappa shape index (κ2) is 9.75. The first-order chi connectivity index (χ1) is 18.5. The molecule has 5 heterocycles. The van der Waals surface area contributed by atoms with Crippen LogP contribution < -0.4 is 16.2 Å². The fourth-order valence-electron chi connectivity index (χ4n) is 4.96. The molecule has 0 amide bonds. The first-order valence-electron chi connectivity index (χ1n) is 12.7. The molecule has 0 bridgehead atoms. The van der Waals surface area contributed by atoms with Crippen LogP contribution >= 0.6 is 0 Å². The zero-order valence-corrected chi connectivity index (χ0v) is 21.5. The van der Waals surface area contributed by atoms with Crippen LogP contribution in [-0.2, 0) is 13.6 Å². The van der Waals surface area contributed by atoms with Crippen molar-refractivity contribution in [3.63, 3.8) is 0 Å². The zero-order valence-electron chi connectivity index (χ0n) is 21.5. The number of piperidine rings is 1. The van der Waals surface area contributed by atoms with Gasteiger partial charge in [-0.2, -0.15) is 10.1 Å².